The first-order valence-electron chi connectivity index (χ1n) is 22.5. The van der Waals surface area contributed by atoms with E-state index in [1.54, 1.807) is 12.1 Å². The van der Waals surface area contributed by atoms with Crippen molar-refractivity contribution in [1.82, 2.24) is 9.55 Å². The monoisotopic (exact) mass is 928 g/mol. The van der Waals surface area contributed by atoms with Crippen LogP contribution in [0.15, 0.2) is 194 Å². The van der Waals surface area contributed by atoms with Crippen molar-refractivity contribution < 1.29 is 48.4 Å². The number of carbonyl (C=O) groups is 1. The molecule has 8 aromatic carbocycles. The van der Waals surface area contributed by atoms with E-state index in [1.807, 2.05) is 42.5 Å². The molecule has 10 heteroatoms. The van der Waals surface area contributed by atoms with Gasteiger partial charge >= 0.3 is 40.2 Å². The zero-order valence-electron chi connectivity index (χ0n) is 40.4. The molecule has 0 unspecified atom stereocenters. The standard InChI is InChI=1S/C29H26N2.C22H24N2.C7H6O.Na.O3S.H/c1-3-21-16-11-17-22(4-2)28(21)31-27-19-18-25(23-12-7-5-8-13-23)20-26(27)30-29(31)24-14-9-6-10-15-24;1-3-16-11-8-12-17(4-2)22(16)24-21-14-13-19(15-20(21)23)18-9-6-5-7-10-18;8-6-7-4-2-1-3-5-7;;1-4(2)3;/h5-20H,3-4H2,1-2H3;5-15,24H,3-4,23H2,1-2H3;1-6H;;;/q;;;+1;;-1. The van der Waals surface area contributed by atoms with Crippen LogP contribution in [0.3, 0.4) is 0 Å². The second-order valence-corrected chi connectivity index (χ2v) is 15.9. The molecule has 0 fully saturated rings. The van der Waals surface area contributed by atoms with Crippen LogP contribution in [-0.4, -0.2) is 28.5 Å². The maximum absolute atomic E-state index is 10.0. The number of anilines is 3. The van der Waals surface area contributed by atoms with Crippen LogP contribution in [-0.2, 0) is 36.3 Å². The normalized spacial score (nSPS) is 10.2. The summed E-state index contributed by atoms with van der Waals surface area (Å²) in [6, 6.07) is 66.5. The average Bonchev–Trinajstić information content (AvgIpc) is 3.76. The van der Waals surface area contributed by atoms with Crippen molar-refractivity contribution in [2.75, 3.05) is 11.1 Å². The SMILES string of the molecule is CCc1cccc(CC)c1-n1c(-c2ccccc2)nc2cc(-c3ccccc3)ccc21.CCc1cccc(CC)c1Nc1ccc(-c2ccccc2)cc1N.O=Cc1ccccc1.O=S(=O)=O.[H-].[Na+]. The van der Waals surface area contributed by atoms with E-state index in [0.717, 1.165) is 76.9 Å². The smallest absolute Gasteiger partial charge is 1.00 e. The van der Waals surface area contributed by atoms with Crippen LogP contribution in [0.2, 0.25) is 0 Å². The molecule has 0 spiro atoms. The van der Waals surface area contributed by atoms with Gasteiger partial charge in [0.2, 0.25) is 0 Å². The largest absolute Gasteiger partial charge is 1.00 e. The summed E-state index contributed by atoms with van der Waals surface area (Å²) in [4.78, 5) is 15.2. The summed E-state index contributed by atoms with van der Waals surface area (Å²) in [6.07, 6.45) is 4.80. The van der Waals surface area contributed by atoms with Crippen LogP contribution in [0.1, 0.15) is 61.7 Å². The van der Waals surface area contributed by atoms with Crippen molar-refractivity contribution in [3.8, 4) is 39.3 Å². The second kappa shape index (κ2) is 26.5. The van der Waals surface area contributed by atoms with E-state index in [9.17, 15) is 4.79 Å². The number of nitrogens with zero attached hydrogens (tertiary/aromatic N) is 2. The van der Waals surface area contributed by atoms with E-state index in [0.29, 0.717) is 0 Å². The number of aromatic nitrogens is 2. The third kappa shape index (κ3) is 13.6. The van der Waals surface area contributed by atoms with Crippen LogP contribution in [0.4, 0.5) is 17.1 Å². The first-order valence-corrected chi connectivity index (χ1v) is 23.5. The van der Waals surface area contributed by atoms with Crippen LogP contribution in [0.25, 0.3) is 50.4 Å². The summed E-state index contributed by atoms with van der Waals surface area (Å²) in [6.45, 7) is 8.82. The maximum atomic E-state index is 10.0. The van der Waals surface area contributed by atoms with Crippen molar-refractivity contribution in [2.45, 2.75) is 53.4 Å². The number of fused-ring (bicyclic) bond motifs is 1. The van der Waals surface area contributed by atoms with E-state index < -0.39 is 10.6 Å². The van der Waals surface area contributed by atoms with Crippen molar-refractivity contribution in [3.63, 3.8) is 0 Å². The van der Waals surface area contributed by atoms with Gasteiger partial charge in [0.25, 0.3) is 0 Å². The molecule has 0 saturated carbocycles. The molecule has 1 aromatic heterocycles. The van der Waals surface area contributed by atoms with E-state index in [-0.39, 0.29) is 31.0 Å². The zero-order valence-corrected chi connectivity index (χ0v) is 42.2. The van der Waals surface area contributed by atoms with Gasteiger partial charge in [-0.2, -0.15) is 0 Å². The van der Waals surface area contributed by atoms with E-state index in [4.69, 9.17) is 23.3 Å². The summed E-state index contributed by atoms with van der Waals surface area (Å²) in [7, 11) is -3.11. The third-order valence-corrected chi connectivity index (χ3v) is 11.3. The number of nitrogen functional groups attached to an aromatic ring is 1. The Kier molecular flexibility index (Phi) is 20.3. The number of para-hydroxylation sites is 2. The Morgan fingerprint density at radius 2 is 0.956 bits per heavy atom. The van der Waals surface area contributed by atoms with E-state index >= 15 is 0 Å². The molecule has 0 aliphatic rings. The summed E-state index contributed by atoms with van der Waals surface area (Å²) >= 11 is 0. The molecule has 0 saturated heterocycles. The molecular weight excluding hydrogens is 872 g/mol. The Balaban J connectivity index is 0.000000241. The molecule has 3 N–H and O–H groups in total. The van der Waals surface area contributed by atoms with Crippen LogP contribution >= 0.6 is 0 Å². The number of aryl methyl sites for hydroxylation is 4. The Labute approximate surface area is 425 Å². The van der Waals surface area contributed by atoms with Gasteiger partial charge in [0.15, 0.2) is 0 Å². The molecule has 1 heterocycles. The Hall–Kier alpha value is -6.88. The quantitative estimate of drug-likeness (QED) is 0.0752. The van der Waals surface area contributed by atoms with Gasteiger partial charge in [-0.3, -0.25) is 9.36 Å². The van der Waals surface area contributed by atoms with Crippen LogP contribution in [0, 0.1) is 0 Å². The van der Waals surface area contributed by atoms with Crippen molar-refractivity contribution in [2.24, 2.45) is 0 Å². The number of nitrogens with one attached hydrogen (secondary N) is 1. The minimum absolute atomic E-state index is 0. The second-order valence-electron chi connectivity index (χ2n) is 15.5. The molecule has 0 amide bonds. The summed E-state index contributed by atoms with van der Waals surface area (Å²) in [5.74, 6) is 0.997. The van der Waals surface area contributed by atoms with Gasteiger partial charge in [-0.05, 0) is 94.5 Å². The predicted molar refractivity (Wildman–Crippen MR) is 278 cm³/mol. The fourth-order valence-corrected chi connectivity index (χ4v) is 7.96. The summed E-state index contributed by atoms with van der Waals surface area (Å²) < 4.78 is 27.7. The maximum Gasteiger partial charge on any atom is 1.00 e. The number of benzene rings is 8. The Morgan fingerprint density at radius 1 is 0.529 bits per heavy atom. The predicted octanol–water partition coefficient (Wildman–Crippen LogP) is 10.9. The Morgan fingerprint density at radius 3 is 1.40 bits per heavy atom. The molecule has 0 atom stereocenters. The number of rotatable bonds is 11. The van der Waals surface area contributed by atoms with Gasteiger partial charge in [0.05, 0.1) is 28.1 Å². The van der Waals surface area contributed by atoms with Gasteiger partial charge in [-0.1, -0.05) is 198 Å². The molecule has 9 aromatic rings. The topological polar surface area (TPSA) is 124 Å². The van der Waals surface area contributed by atoms with Crippen molar-refractivity contribution in [1.29, 1.82) is 0 Å². The van der Waals surface area contributed by atoms with Crippen LogP contribution < -0.4 is 40.6 Å². The van der Waals surface area contributed by atoms with Gasteiger partial charge in [-0.25, -0.2) is 4.98 Å². The van der Waals surface area contributed by atoms with Gasteiger partial charge in [0.1, 0.15) is 12.1 Å². The average molecular weight is 929 g/mol. The first-order chi connectivity index (χ1) is 32.7. The number of hydrogen-bond acceptors (Lipinski definition) is 7. The van der Waals surface area contributed by atoms with Crippen molar-refractivity contribution in [3.05, 3.63) is 222 Å². The van der Waals surface area contributed by atoms with E-state index in [2.05, 4.69) is 177 Å². The minimum atomic E-state index is -3.11. The summed E-state index contributed by atoms with van der Waals surface area (Å²) in [5, 5.41) is 3.56. The number of aldehydes is 1. The van der Waals surface area contributed by atoms with E-state index in [1.165, 1.54) is 50.3 Å². The van der Waals surface area contributed by atoms with Crippen molar-refractivity contribution >= 4 is 45.0 Å². The summed E-state index contributed by atoms with van der Waals surface area (Å²) in [5.41, 5.74) is 24.6. The molecule has 0 aliphatic carbocycles. The number of hydrogen-bond donors (Lipinski definition) is 2. The van der Waals surface area contributed by atoms with Gasteiger partial charge in [-0.15, -0.1) is 12.6 Å². The first kappa shape index (κ1) is 52.1. The van der Waals surface area contributed by atoms with Gasteiger partial charge < -0.3 is 12.5 Å². The minimum Gasteiger partial charge on any atom is -1.00 e. The molecule has 0 radical (unpaired) electrons. The Bertz CT molecular complexity index is 3090. The zero-order chi connectivity index (χ0) is 47.5. The number of nitrogens with two attached hydrogens (primary N) is 1. The molecule has 340 valence electrons. The number of imidazole rings is 1. The molecule has 68 heavy (non-hydrogen) atoms. The number of carbonyl (C=O) groups excluding carboxylic acids is 1. The molecule has 0 bridgehead atoms. The van der Waals surface area contributed by atoms with Gasteiger partial charge in [0, 0.05) is 16.8 Å². The molecule has 9 rings (SSSR count). The molecule has 0 aliphatic heterocycles. The van der Waals surface area contributed by atoms with Crippen LogP contribution in [0.5, 0.6) is 0 Å². The fraction of sp³-hybridized carbons (Fsp3) is 0.138. The fourth-order valence-electron chi connectivity index (χ4n) is 7.96. The molecule has 8 nitrogen and oxygen atoms in total. The third-order valence-electron chi connectivity index (χ3n) is 11.3. The molecular formula is C58H57N4NaO4S.